The second-order valence-corrected chi connectivity index (χ2v) is 5.14. The number of anilines is 1. The van der Waals surface area contributed by atoms with Crippen LogP contribution in [0.2, 0.25) is 5.02 Å². The number of hydrogen-bond donors (Lipinski definition) is 1. The molecule has 0 aliphatic rings. The van der Waals surface area contributed by atoms with E-state index in [2.05, 4.69) is 10.3 Å². The Labute approximate surface area is 141 Å². The van der Waals surface area contributed by atoms with E-state index in [1.54, 1.807) is 6.07 Å². The smallest absolute Gasteiger partial charge is 0.339 e. The summed E-state index contributed by atoms with van der Waals surface area (Å²) in [6.07, 6.45) is 0.242. The molecule has 0 bridgehead atoms. The van der Waals surface area contributed by atoms with Crippen molar-refractivity contribution in [3.8, 4) is 0 Å². The fourth-order valence-corrected chi connectivity index (χ4v) is 1.82. The van der Waals surface area contributed by atoms with Gasteiger partial charge in [-0.05, 0) is 25.1 Å². The van der Waals surface area contributed by atoms with Crippen LogP contribution in [-0.4, -0.2) is 27.9 Å². The number of carbonyl (C=O) groups excluding carboxylic acids is 2. The Morgan fingerprint density at radius 3 is 2.71 bits per heavy atom. The van der Waals surface area contributed by atoms with E-state index in [0.29, 0.717) is 5.02 Å². The quantitative estimate of drug-likeness (QED) is 0.504. The second kappa shape index (κ2) is 7.51. The number of nitro groups is 1. The number of esters is 1. The van der Waals surface area contributed by atoms with Crippen molar-refractivity contribution in [2.45, 2.75) is 13.0 Å². The van der Waals surface area contributed by atoms with E-state index in [4.69, 9.17) is 16.3 Å². The molecule has 1 aromatic heterocycles. The molecule has 24 heavy (non-hydrogen) atoms. The van der Waals surface area contributed by atoms with Gasteiger partial charge in [-0.3, -0.25) is 14.9 Å². The summed E-state index contributed by atoms with van der Waals surface area (Å²) in [4.78, 5) is 37.9. The highest BCUT2D eigenvalue weighted by molar-refractivity contribution is 6.30. The number of pyridine rings is 1. The van der Waals surface area contributed by atoms with E-state index in [1.165, 1.54) is 37.4 Å². The highest BCUT2D eigenvalue weighted by Gasteiger charge is 2.20. The fraction of sp³-hybridized carbons (Fsp3) is 0.133. The highest BCUT2D eigenvalue weighted by atomic mass is 35.5. The zero-order valence-corrected chi connectivity index (χ0v) is 13.2. The number of amides is 1. The monoisotopic (exact) mass is 349 g/mol. The molecule has 0 aliphatic heterocycles. The molecular weight excluding hydrogens is 338 g/mol. The molecule has 0 saturated heterocycles. The molecule has 1 heterocycles. The Kier molecular flexibility index (Phi) is 5.43. The normalized spacial score (nSPS) is 11.4. The van der Waals surface area contributed by atoms with Gasteiger partial charge in [0.2, 0.25) is 0 Å². The van der Waals surface area contributed by atoms with Crippen LogP contribution in [-0.2, 0) is 9.53 Å². The zero-order chi connectivity index (χ0) is 17.7. The maximum Gasteiger partial charge on any atom is 0.339 e. The van der Waals surface area contributed by atoms with Gasteiger partial charge in [0.15, 0.2) is 6.10 Å². The summed E-state index contributed by atoms with van der Waals surface area (Å²) in [5, 5.41) is 13.6. The Balaban J connectivity index is 2.00. The molecule has 124 valence electrons. The number of halogens is 1. The number of hydrogen-bond acceptors (Lipinski definition) is 6. The summed E-state index contributed by atoms with van der Waals surface area (Å²) in [5.74, 6) is -1.18. The number of nitro benzene ring substituents is 1. The van der Waals surface area contributed by atoms with Gasteiger partial charge in [0.05, 0.1) is 15.5 Å². The summed E-state index contributed by atoms with van der Waals surface area (Å²) in [6.45, 7) is 1.38. The van der Waals surface area contributed by atoms with Crippen molar-refractivity contribution >= 4 is 35.0 Å². The molecule has 0 saturated carbocycles. The van der Waals surface area contributed by atoms with E-state index < -0.39 is 22.9 Å². The minimum Gasteiger partial charge on any atom is -0.449 e. The third-order valence-corrected chi connectivity index (χ3v) is 3.15. The first-order chi connectivity index (χ1) is 11.4. The molecule has 8 nitrogen and oxygen atoms in total. The first kappa shape index (κ1) is 17.4. The lowest BCUT2D eigenvalue weighted by Crippen LogP contribution is -2.30. The van der Waals surface area contributed by atoms with Gasteiger partial charge in [-0.1, -0.05) is 17.7 Å². The first-order valence-electron chi connectivity index (χ1n) is 6.74. The summed E-state index contributed by atoms with van der Waals surface area (Å²) >= 11 is 5.69. The van der Waals surface area contributed by atoms with Crippen molar-refractivity contribution in [1.29, 1.82) is 0 Å². The van der Waals surface area contributed by atoms with Gasteiger partial charge in [-0.15, -0.1) is 0 Å². The van der Waals surface area contributed by atoms with Crippen LogP contribution in [0.15, 0.2) is 42.6 Å². The van der Waals surface area contributed by atoms with Gasteiger partial charge in [0.1, 0.15) is 5.82 Å². The molecule has 9 heteroatoms. The fourth-order valence-electron chi connectivity index (χ4n) is 1.71. The van der Waals surface area contributed by atoms with Gasteiger partial charge >= 0.3 is 5.97 Å². The van der Waals surface area contributed by atoms with E-state index in [0.717, 1.165) is 6.07 Å². The van der Waals surface area contributed by atoms with Crippen LogP contribution in [0, 0.1) is 10.1 Å². The Morgan fingerprint density at radius 1 is 1.33 bits per heavy atom. The lowest BCUT2D eigenvalue weighted by molar-refractivity contribution is -0.384. The number of rotatable bonds is 5. The average molecular weight is 350 g/mol. The Hall–Kier alpha value is -3.00. The van der Waals surface area contributed by atoms with Crippen molar-refractivity contribution in [2.75, 3.05) is 5.32 Å². The van der Waals surface area contributed by atoms with Crippen molar-refractivity contribution in [3.05, 3.63) is 63.3 Å². The molecule has 0 unspecified atom stereocenters. The second-order valence-electron chi connectivity index (χ2n) is 4.71. The predicted octanol–water partition coefficient (Wildman–Crippen LogP) is 2.83. The molecule has 2 rings (SSSR count). The maximum absolute atomic E-state index is 12.0. The number of nitrogens with zero attached hydrogens (tertiary/aromatic N) is 2. The third-order valence-electron chi connectivity index (χ3n) is 2.92. The van der Waals surface area contributed by atoms with Crippen molar-refractivity contribution < 1.29 is 19.2 Å². The summed E-state index contributed by atoms with van der Waals surface area (Å²) in [5.41, 5.74) is -0.264. The van der Waals surface area contributed by atoms with Crippen LogP contribution in [0.4, 0.5) is 11.5 Å². The summed E-state index contributed by atoms with van der Waals surface area (Å²) < 4.78 is 5.00. The van der Waals surface area contributed by atoms with Crippen LogP contribution < -0.4 is 5.32 Å². The molecule has 1 amide bonds. The lowest BCUT2D eigenvalue weighted by atomic mass is 10.2. The van der Waals surface area contributed by atoms with Crippen LogP contribution in [0.1, 0.15) is 17.3 Å². The lowest BCUT2D eigenvalue weighted by Gasteiger charge is -2.13. The molecule has 0 fully saturated rings. The molecule has 1 aromatic carbocycles. The SMILES string of the molecule is C[C@H](OC(=O)c1cccc([N+](=O)[O-])c1)C(=O)Nc1ccc(Cl)cn1. The van der Waals surface area contributed by atoms with Crippen molar-refractivity contribution in [2.24, 2.45) is 0 Å². The van der Waals surface area contributed by atoms with Gasteiger partial charge < -0.3 is 10.1 Å². The Morgan fingerprint density at radius 2 is 2.08 bits per heavy atom. The van der Waals surface area contributed by atoms with Gasteiger partial charge in [0.25, 0.3) is 11.6 Å². The van der Waals surface area contributed by atoms with E-state index in [1.807, 2.05) is 0 Å². The number of benzene rings is 1. The predicted molar refractivity (Wildman–Crippen MR) is 85.9 cm³/mol. The minimum absolute atomic E-state index is 0.0199. The van der Waals surface area contributed by atoms with Crippen molar-refractivity contribution in [3.63, 3.8) is 0 Å². The highest BCUT2D eigenvalue weighted by Crippen LogP contribution is 2.15. The van der Waals surface area contributed by atoms with E-state index >= 15 is 0 Å². The largest absolute Gasteiger partial charge is 0.449 e. The van der Waals surface area contributed by atoms with E-state index in [-0.39, 0.29) is 17.1 Å². The number of ether oxygens (including phenoxy) is 1. The molecule has 0 radical (unpaired) electrons. The van der Waals surface area contributed by atoms with E-state index in [9.17, 15) is 19.7 Å². The number of aromatic nitrogens is 1. The topological polar surface area (TPSA) is 111 Å². The zero-order valence-electron chi connectivity index (χ0n) is 12.4. The van der Waals surface area contributed by atoms with Crippen LogP contribution in [0.5, 0.6) is 0 Å². The Bertz CT molecular complexity index is 779. The molecular formula is C15H12ClN3O5. The molecule has 2 aromatic rings. The van der Waals surface area contributed by atoms with Crippen LogP contribution in [0.25, 0.3) is 0 Å². The molecule has 0 spiro atoms. The maximum atomic E-state index is 12.0. The van der Waals surface area contributed by atoms with Crippen molar-refractivity contribution in [1.82, 2.24) is 4.98 Å². The molecule has 0 aliphatic carbocycles. The average Bonchev–Trinajstić information content (AvgIpc) is 2.56. The van der Waals surface area contributed by atoms with Crippen LogP contribution in [0.3, 0.4) is 0 Å². The standard InChI is InChI=1S/C15H12ClN3O5/c1-9(14(20)18-13-6-5-11(16)8-17-13)24-15(21)10-3-2-4-12(7-10)19(22)23/h2-9H,1H3,(H,17,18,20)/t9-/m0/s1. The van der Waals surface area contributed by atoms with Gasteiger partial charge in [-0.2, -0.15) is 0 Å². The number of carbonyl (C=O) groups is 2. The first-order valence-corrected chi connectivity index (χ1v) is 7.12. The minimum atomic E-state index is -1.12. The molecule has 1 atom stereocenters. The molecule has 1 N–H and O–H groups in total. The summed E-state index contributed by atoms with van der Waals surface area (Å²) in [7, 11) is 0. The number of non-ortho nitro benzene ring substituents is 1. The summed E-state index contributed by atoms with van der Waals surface area (Å²) in [6, 6.07) is 8.09. The van der Waals surface area contributed by atoms with Gasteiger partial charge in [-0.25, -0.2) is 9.78 Å². The number of nitrogens with one attached hydrogen (secondary N) is 1. The third kappa shape index (κ3) is 4.50. The van der Waals surface area contributed by atoms with Crippen LogP contribution >= 0.6 is 11.6 Å². The van der Waals surface area contributed by atoms with Gasteiger partial charge in [0, 0.05) is 18.3 Å².